The molecule has 0 aliphatic rings. The van der Waals surface area contributed by atoms with Gasteiger partial charge >= 0.3 is 0 Å². The summed E-state index contributed by atoms with van der Waals surface area (Å²) in [7, 11) is 0. The van der Waals surface area contributed by atoms with Crippen LogP contribution in [-0.4, -0.2) is 15.4 Å². The quantitative estimate of drug-likeness (QED) is 0.397. The second-order valence-corrected chi connectivity index (χ2v) is 7.19. The zero-order valence-corrected chi connectivity index (χ0v) is 16.6. The van der Waals surface area contributed by atoms with Crippen LogP contribution >= 0.6 is 11.3 Å². The number of aromatic nitrogens is 2. The molecule has 0 aliphatic carbocycles. The minimum Gasteiger partial charge on any atom is -0.264 e. The molecule has 30 heavy (non-hydrogen) atoms. The third kappa shape index (κ3) is 4.23. The van der Waals surface area contributed by atoms with Gasteiger partial charge in [0, 0.05) is 35.0 Å². The molecule has 0 atom stereocenters. The fourth-order valence-corrected chi connectivity index (χ4v) is 3.60. The van der Waals surface area contributed by atoms with E-state index in [2.05, 4.69) is 15.1 Å². The third-order valence-electron chi connectivity index (χ3n) is 4.28. The molecule has 8 heteroatoms. The number of halogens is 3. The molecule has 0 fully saturated rings. The van der Waals surface area contributed by atoms with E-state index in [9.17, 15) is 13.2 Å². The average molecular weight is 424 g/mol. The van der Waals surface area contributed by atoms with E-state index in [1.807, 2.05) is 13.0 Å². The maximum atomic E-state index is 14.1. The Balaban J connectivity index is 1.91. The van der Waals surface area contributed by atoms with Gasteiger partial charge < -0.3 is 0 Å². The van der Waals surface area contributed by atoms with Gasteiger partial charge in [-0.1, -0.05) is 6.07 Å². The van der Waals surface area contributed by atoms with E-state index in [1.54, 1.807) is 40.6 Å². The lowest BCUT2D eigenvalue weighted by Gasteiger charge is -2.06. The van der Waals surface area contributed by atoms with Crippen LogP contribution in [0.3, 0.4) is 0 Å². The van der Waals surface area contributed by atoms with Crippen molar-refractivity contribution in [1.82, 2.24) is 9.66 Å². The van der Waals surface area contributed by atoms with E-state index in [-0.39, 0.29) is 11.5 Å². The molecule has 0 unspecified atom stereocenters. The monoisotopic (exact) mass is 424 g/mol. The maximum Gasteiger partial charge on any atom is 0.211 e. The fourth-order valence-electron chi connectivity index (χ4n) is 2.75. The van der Waals surface area contributed by atoms with E-state index in [1.165, 1.54) is 29.5 Å². The lowest BCUT2D eigenvalue weighted by Crippen LogP contribution is -2.14. The molecule has 150 valence electrons. The zero-order chi connectivity index (χ0) is 21.1. The Bertz CT molecular complexity index is 1280. The first-order valence-corrected chi connectivity index (χ1v) is 9.81. The molecular formula is C22H15F3N4S. The largest absolute Gasteiger partial charge is 0.264 e. The summed E-state index contributed by atoms with van der Waals surface area (Å²) in [5.74, 6) is -1.80. The van der Waals surface area contributed by atoms with Gasteiger partial charge in [0.2, 0.25) is 4.80 Å². The van der Waals surface area contributed by atoms with E-state index in [4.69, 9.17) is 0 Å². The number of hydrogen-bond donors (Lipinski definition) is 0. The van der Waals surface area contributed by atoms with Gasteiger partial charge in [0.1, 0.15) is 17.3 Å². The smallest absolute Gasteiger partial charge is 0.211 e. The SMILES string of the molecule is CC(=Nn1c(-c2ccc(F)cc2)csc1=Nc1ccc(F)cc1F)c1cccnc1. The second kappa shape index (κ2) is 8.46. The number of rotatable bonds is 4. The van der Waals surface area contributed by atoms with Crippen LogP contribution in [0.25, 0.3) is 11.3 Å². The Labute approximate surface area is 174 Å². The van der Waals surface area contributed by atoms with Crippen molar-refractivity contribution in [2.45, 2.75) is 6.92 Å². The highest BCUT2D eigenvalue weighted by molar-refractivity contribution is 7.07. The van der Waals surface area contributed by atoms with Gasteiger partial charge in [-0.05, 0) is 49.4 Å². The van der Waals surface area contributed by atoms with E-state index in [0.29, 0.717) is 16.2 Å². The van der Waals surface area contributed by atoms with Gasteiger partial charge in [0.15, 0.2) is 5.82 Å². The molecule has 0 aliphatic heterocycles. The molecule has 0 spiro atoms. The van der Waals surface area contributed by atoms with Gasteiger partial charge in [0.05, 0.1) is 11.4 Å². The zero-order valence-electron chi connectivity index (χ0n) is 15.8. The molecule has 0 saturated carbocycles. The van der Waals surface area contributed by atoms with Crippen LogP contribution < -0.4 is 4.80 Å². The van der Waals surface area contributed by atoms with Crippen LogP contribution in [0.2, 0.25) is 0 Å². The molecule has 0 bridgehead atoms. The predicted octanol–water partition coefficient (Wildman–Crippen LogP) is 5.53. The fraction of sp³-hybridized carbons (Fsp3) is 0.0455. The summed E-state index contributed by atoms with van der Waals surface area (Å²) in [6.45, 7) is 1.82. The molecule has 0 N–H and O–H groups in total. The standard InChI is InChI=1S/C22H15F3N4S/c1-14(16-3-2-10-26-12-16)28-29-21(15-4-6-17(23)7-5-15)13-30-22(29)27-20-9-8-18(24)11-19(20)25/h2-13H,1H3. The number of pyridine rings is 1. The van der Waals surface area contributed by atoms with Crippen molar-refractivity contribution < 1.29 is 13.2 Å². The molecular weight excluding hydrogens is 409 g/mol. The number of benzene rings is 2. The lowest BCUT2D eigenvalue weighted by molar-refractivity contribution is 0.584. The van der Waals surface area contributed by atoms with Gasteiger partial charge in [0.25, 0.3) is 0 Å². The summed E-state index contributed by atoms with van der Waals surface area (Å²) in [5.41, 5.74) is 2.83. The van der Waals surface area contributed by atoms with Gasteiger partial charge in [-0.2, -0.15) is 5.10 Å². The van der Waals surface area contributed by atoms with Crippen molar-refractivity contribution in [3.05, 3.63) is 100 Å². The van der Waals surface area contributed by atoms with Gasteiger partial charge in [-0.15, -0.1) is 11.3 Å². The first-order valence-electron chi connectivity index (χ1n) is 8.93. The summed E-state index contributed by atoms with van der Waals surface area (Å²) in [5, 5.41) is 6.45. The molecule has 4 aromatic rings. The van der Waals surface area contributed by atoms with Crippen molar-refractivity contribution in [2.24, 2.45) is 10.1 Å². The van der Waals surface area contributed by atoms with Crippen LogP contribution in [-0.2, 0) is 0 Å². The summed E-state index contributed by atoms with van der Waals surface area (Å²) < 4.78 is 42.3. The average Bonchev–Trinajstić information content (AvgIpc) is 3.13. The topological polar surface area (TPSA) is 42.5 Å². The van der Waals surface area contributed by atoms with Crippen molar-refractivity contribution in [1.29, 1.82) is 0 Å². The lowest BCUT2D eigenvalue weighted by atomic mass is 10.2. The highest BCUT2D eigenvalue weighted by atomic mass is 32.1. The Hall–Kier alpha value is -3.52. The third-order valence-corrected chi connectivity index (χ3v) is 5.10. The van der Waals surface area contributed by atoms with E-state index in [0.717, 1.165) is 23.3 Å². The first kappa shape index (κ1) is 19.8. The van der Waals surface area contributed by atoms with E-state index < -0.39 is 11.6 Å². The molecule has 4 rings (SSSR count). The summed E-state index contributed by atoms with van der Waals surface area (Å²) in [6.07, 6.45) is 3.34. The molecule has 0 amide bonds. The van der Waals surface area contributed by atoms with Crippen molar-refractivity contribution in [3.8, 4) is 11.3 Å². The Kier molecular flexibility index (Phi) is 5.58. The maximum absolute atomic E-state index is 14.1. The number of nitrogens with zero attached hydrogens (tertiary/aromatic N) is 4. The van der Waals surface area contributed by atoms with Crippen molar-refractivity contribution in [2.75, 3.05) is 0 Å². The predicted molar refractivity (Wildman–Crippen MR) is 111 cm³/mol. The highest BCUT2D eigenvalue weighted by Gasteiger charge is 2.11. The Morgan fingerprint density at radius 3 is 2.47 bits per heavy atom. The normalized spacial score (nSPS) is 12.4. The van der Waals surface area contributed by atoms with Crippen LogP contribution in [0.5, 0.6) is 0 Å². The molecule has 4 nitrogen and oxygen atoms in total. The second-order valence-electron chi connectivity index (χ2n) is 6.36. The van der Waals surface area contributed by atoms with Crippen molar-refractivity contribution in [3.63, 3.8) is 0 Å². The van der Waals surface area contributed by atoms with Crippen LogP contribution in [0.4, 0.5) is 18.9 Å². The Morgan fingerprint density at radius 1 is 1.00 bits per heavy atom. The van der Waals surface area contributed by atoms with Gasteiger partial charge in [-0.3, -0.25) is 4.98 Å². The molecule has 2 heterocycles. The summed E-state index contributed by atoms with van der Waals surface area (Å²) in [6, 6.07) is 12.8. The number of hydrogen-bond acceptors (Lipinski definition) is 4. The highest BCUT2D eigenvalue weighted by Crippen LogP contribution is 2.23. The van der Waals surface area contributed by atoms with Gasteiger partial charge in [-0.25, -0.2) is 22.8 Å². The van der Waals surface area contributed by atoms with E-state index >= 15 is 0 Å². The summed E-state index contributed by atoms with van der Waals surface area (Å²) in [4.78, 5) is 8.81. The van der Waals surface area contributed by atoms with Crippen molar-refractivity contribution >= 4 is 22.7 Å². The molecule has 2 aromatic heterocycles. The Morgan fingerprint density at radius 2 is 1.77 bits per heavy atom. The summed E-state index contributed by atoms with van der Waals surface area (Å²) >= 11 is 1.24. The van der Waals surface area contributed by atoms with Crippen LogP contribution in [0, 0.1) is 17.5 Å². The van der Waals surface area contributed by atoms with Crippen LogP contribution in [0.15, 0.2) is 82.5 Å². The minimum atomic E-state index is -0.772. The minimum absolute atomic E-state index is 0.00751. The first-order chi connectivity index (χ1) is 14.5. The number of thiazole rings is 1. The molecule has 0 radical (unpaired) electrons. The molecule has 0 saturated heterocycles. The molecule has 2 aromatic carbocycles. The van der Waals surface area contributed by atoms with Crippen LogP contribution in [0.1, 0.15) is 12.5 Å².